The highest BCUT2D eigenvalue weighted by molar-refractivity contribution is 8.24. The average molecular weight is 342 g/mol. The van der Waals surface area contributed by atoms with Crippen LogP contribution < -0.4 is 0 Å². The van der Waals surface area contributed by atoms with Crippen molar-refractivity contribution in [2.75, 3.05) is 0 Å². The van der Waals surface area contributed by atoms with E-state index in [0.717, 1.165) is 18.4 Å². The molecule has 0 aromatic heterocycles. The van der Waals surface area contributed by atoms with Gasteiger partial charge in [0.15, 0.2) is 0 Å². The van der Waals surface area contributed by atoms with Crippen LogP contribution in [0.5, 0.6) is 0 Å². The minimum absolute atomic E-state index is 0.0375. The number of rotatable bonds is 5. The first-order chi connectivity index (χ1) is 11.2. The van der Waals surface area contributed by atoms with Crippen molar-refractivity contribution in [3.05, 3.63) is 71.8 Å². The van der Waals surface area contributed by atoms with E-state index in [1.165, 1.54) is 17.3 Å². The van der Waals surface area contributed by atoms with Gasteiger partial charge in [0.25, 0.3) is 0 Å². The van der Waals surface area contributed by atoms with Gasteiger partial charge >= 0.3 is 0 Å². The van der Waals surface area contributed by atoms with E-state index in [9.17, 15) is 4.79 Å². The van der Waals surface area contributed by atoms with Crippen LogP contribution in [-0.2, 0) is 11.2 Å². The van der Waals surface area contributed by atoms with Gasteiger partial charge in [0.1, 0.15) is 4.32 Å². The summed E-state index contributed by atoms with van der Waals surface area (Å²) in [5.74, 6) is 0.146. The number of hydrogen-bond donors (Lipinski definition) is 0. The fraction of sp³-hybridized carbons (Fsp3) is 0.263. The quantitative estimate of drug-likeness (QED) is 0.741. The van der Waals surface area contributed by atoms with Gasteiger partial charge in [0.05, 0.1) is 11.3 Å². The van der Waals surface area contributed by atoms with Crippen LogP contribution in [0, 0.1) is 0 Å². The van der Waals surface area contributed by atoms with Crippen molar-refractivity contribution in [1.29, 1.82) is 0 Å². The third kappa shape index (κ3) is 3.48. The lowest BCUT2D eigenvalue weighted by atomic mass is 9.97. The Balaban J connectivity index is 1.95. The number of hydrogen-bond acceptors (Lipinski definition) is 3. The van der Waals surface area contributed by atoms with Crippen LogP contribution in [0.4, 0.5) is 0 Å². The van der Waals surface area contributed by atoms with Crippen molar-refractivity contribution in [2.24, 2.45) is 0 Å². The second kappa shape index (κ2) is 7.28. The van der Waals surface area contributed by atoms with E-state index in [1.807, 2.05) is 48.2 Å². The van der Waals surface area contributed by atoms with Crippen molar-refractivity contribution in [1.82, 2.24) is 4.90 Å². The minimum atomic E-state index is -0.0392. The van der Waals surface area contributed by atoms with Crippen LogP contribution in [0.1, 0.15) is 30.5 Å². The number of benzene rings is 2. The number of thioether (sulfide) groups is 1. The topological polar surface area (TPSA) is 20.3 Å². The van der Waals surface area contributed by atoms with Gasteiger partial charge in [-0.15, -0.1) is 0 Å². The first-order valence-corrected chi connectivity index (χ1v) is 9.12. The molecule has 0 saturated carbocycles. The first kappa shape index (κ1) is 16.2. The Morgan fingerprint density at radius 1 is 1.09 bits per heavy atom. The van der Waals surface area contributed by atoms with Crippen molar-refractivity contribution < 1.29 is 4.79 Å². The van der Waals surface area contributed by atoms with Crippen molar-refractivity contribution in [3.8, 4) is 0 Å². The number of carbonyl (C=O) groups excluding carboxylic acids is 1. The Bertz CT molecular complexity index is 687. The molecule has 1 fully saturated rings. The van der Waals surface area contributed by atoms with Crippen molar-refractivity contribution in [3.63, 3.8) is 0 Å². The Morgan fingerprint density at radius 3 is 2.26 bits per heavy atom. The Morgan fingerprint density at radius 2 is 1.70 bits per heavy atom. The SMILES string of the molecule is CCC1SC(=S)N(C(Cc2ccccc2)c2ccccc2)C1=O. The highest BCUT2D eigenvalue weighted by Gasteiger charge is 2.40. The highest BCUT2D eigenvalue weighted by Crippen LogP contribution is 2.37. The first-order valence-electron chi connectivity index (χ1n) is 7.83. The fourth-order valence-electron chi connectivity index (χ4n) is 2.88. The van der Waals surface area contributed by atoms with Crippen LogP contribution in [0.25, 0.3) is 0 Å². The lowest BCUT2D eigenvalue weighted by Crippen LogP contribution is -2.36. The molecule has 2 atom stereocenters. The summed E-state index contributed by atoms with van der Waals surface area (Å²) in [6, 6.07) is 20.4. The lowest BCUT2D eigenvalue weighted by Gasteiger charge is -2.28. The van der Waals surface area contributed by atoms with E-state index < -0.39 is 0 Å². The molecule has 1 saturated heterocycles. The highest BCUT2D eigenvalue weighted by atomic mass is 32.2. The molecule has 0 bridgehead atoms. The van der Waals surface area contributed by atoms with Gasteiger partial charge in [-0.1, -0.05) is 91.6 Å². The summed E-state index contributed by atoms with van der Waals surface area (Å²) >= 11 is 7.04. The molecule has 118 valence electrons. The molecule has 1 aliphatic heterocycles. The van der Waals surface area contributed by atoms with Gasteiger partial charge in [0.2, 0.25) is 5.91 Å². The summed E-state index contributed by atoms with van der Waals surface area (Å²) in [5, 5.41) is -0.0375. The number of nitrogens with zero attached hydrogens (tertiary/aromatic N) is 1. The third-order valence-electron chi connectivity index (χ3n) is 4.09. The molecule has 1 heterocycles. The minimum Gasteiger partial charge on any atom is -0.289 e. The third-order valence-corrected chi connectivity index (χ3v) is 5.79. The van der Waals surface area contributed by atoms with Gasteiger partial charge in [-0.3, -0.25) is 9.69 Å². The molecule has 0 spiro atoms. The standard InChI is InChI=1S/C19H19NOS2/c1-2-17-18(21)20(19(22)23-17)16(15-11-7-4-8-12-15)13-14-9-5-3-6-10-14/h3-12,16-17H,2,13H2,1H3. The van der Waals surface area contributed by atoms with Gasteiger partial charge in [-0.2, -0.15) is 0 Å². The molecule has 0 radical (unpaired) electrons. The molecule has 2 nitrogen and oxygen atoms in total. The molecule has 2 aromatic carbocycles. The molecular weight excluding hydrogens is 322 g/mol. The zero-order valence-corrected chi connectivity index (χ0v) is 14.6. The molecule has 1 amide bonds. The molecule has 2 aromatic rings. The molecule has 0 N–H and O–H groups in total. The molecule has 1 aliphatic rings. The summed E-state index contributed by atoms with van der Waals surface area (Å²) in [4.78, 5) is 14.6. The predicted molar refractivity (Wildman–Crippen MR) is 100 cm³/mol. The predicted octanol–water partition coefficient (Wildman–Crippen LogP) is 4.61. The number of thiocarbonyl (C=S) groups is 1. The van der Waals surface area contributed by atoms with E-state index in [-0.39, 0.29) is 17.2 Å². The van der Waals surface area contributed by atoms with Crippen LogP contribution in [0.2, 0.25) is 0 Å². The second-order valence-corrected chi connectivity index (χ2v) is 7.44. The largest absolute Gasteiger partial charge is 0.289 e. The van der Waals surface area contributed by atoms with Crippen LogP contribution >= 0.6 is 24.0 Å². The summed E-state index contributed by atoms with van der Waals surface area (Å²) in [7, 11) is 0. The second-order valence-electron chi connectivity index (χ2n) is 5.61. The Labute approximate surface area is 146 Å². The molecule has 2 unspecified atom stereocenters. The number of amides is 1. The van der Waals surface area contributed by atoms with Gasteiger partial charge in [0, 0.05) is 0 Å². The molecule has 4 heteroatoms. The van der Waals surface area contributed by atoms with E-state index in [0.29, 0.717) is 4.32 Å². The monoisotopic (exact) mass is 341 g/mol. The normalized spacial score (nSPS) is 19.2. The maximum Gasteiger partial charge on any atom is 0.242 e. The lowest BCUT2D eigenvalue weighted by molar-refractivity contribution is -0.127. The maximum absolute atomic E-state index is 12.8. The summed E-state index contributed by atoms with van der Waals surface area (Å²) in [6.07, 6.45) is 1.58. The molecule has 0 aliphatic carbocycles. The molecule has 3 rings (SSSR count). The van der Waals surface area contributed by atoms with E-state index >= 15 is 0 Å². The average Bonchev–Trinajstić information content (AvgIpc) is 2.88. The summed E-state index contributed by atoms with van der Waals surface area (Å²) in [6.45, 7) is 2.04. The fourth-order valence-corrected chi connectivity index (χ4v) is 4.40. The van der Waals surface area contributed by atoms with Crippen molar-refractivity contribution in [2.45, 2.75) is 31.1 Å². The Kier molecular flexibility index (Phi) is 5.13. The van der Waals surface area contributed by atoms with E-state index in [4.69, 9.17) is 12.2 Å². The van der Waals surface area contributed by atoms with Crippen LogP contribution in [-0.4, -0.2) is 20.4 Å². The van der Waals surface area contributed by atoms with Gasteiger partial charge in [-0.05, 0) is 24.0 Å². The number of carbonyl (C=O) groups is 1. The van der Waals surface area contributed by atoms with E-state index in [1.54, 1.807) is 0 Å². The van der Waals surface area contributed by atoms with Crippen molar-refractivity contribution >= 4 is 34.2 Å². The molecule has 23 heavy (non-hydrogen) atoms. The maximum atomic E-state index is 12.8. The van der Waals surface area contributed by atoms with E-state index in [2.05, 4.69) is 24.3 Å². The van der Waals surface area contributed by atoms with Gasteiger partial charge < -0.3 is 0 Å². The van der Waals surface area contributed by atoms with Crippen LogP contribution in [0.3, 0.4) is 0 Å². The smallest absolute Gasteiger partial charge is 0.242 e. The Hall–Kier alpha value is -1.65. The summed E-state index contributed by atoms with van der Waals surface area (Å²) < 4.78 is 0.701. The van der Waals surface area contributed by atoms with Gasteiger partial charge in [-0.25, -0.2) is 0 Å². The zero-order chi connectivity index (χ0) is 16.2. The zero-order valence-electron chi connectivity index (χ0n) is 13.0. The summed E-state index contributed by atoms with van der Waals surface area (Å²) in [5.41, 5.74) is 2.34. The molecular formula is C19H19NOS2. The van der Waals surface area contributed by atoms with Crippen LogP contribution in [0.15, 0.2) is 60.7 Å².